The van der Waals surface area contributed by atoms with Gasteiger partial charge in [0.2, 0.25) is 0 Å². The zero-order chi connectivity index (χ0) is 36.9. The van der Waals surface area contributed by atoms with Crippen molar-refractivity contribution >= 4 is 22.6 Å². The second kappa shape index (κ2) is 13.2. The van der Waals surface area contributed by atoms with Crippen LogP contribution in [0.5, 0.6) is 0 Å². The molecule has 0 aromatic heterocycles. The van der Waals surface area contributed by atoms with Crippen molar-refractivity contribution in [1.29, 1.82) is 0 Å². The molecule has 260 valence electrons. The lowest BCUT2D eigenvalue weighted by atomic mass is 9.67. The third kappa shape index (κ3) is 5.07. The number of allylic oxidation sites excluding steroid dienone is 5. The summed E-state index contributed by atoms with van der Waals surface area (Å²) in [6.07, 6.45) is 6.17. The van der Waals surface area contributed by atoms with E-state index in [9.17, 15) is 0 Å². The topological polar surface area (TPSA) is 3.24 Å². The van der Waals surface area contributed by atoms with E-state index in [4.69, 9.17) is 0 Å². The Morgan fingerprint density at radius 3 is 1.67 bits per heavy atom. The van der Waals surface area contributed by atoms with Crippen LogP contribution < -0.4 is 4.90 Å². The largest absolute Gasteiger partial charge is 0.310 e. The molecule has 0 saturated carbocycles. The number of para-hydroxylation sites is 1. The monoisotopic (exact) mass is 693 g/mol. The van der Waals surface area contributed by atoms with Crippen molar-refractivity contribution in [2.45, 2.75) is 31.6 Å². The lowest BCUT2D eigenvalue weighted by molar-refractivity contribution is 0.660. The number of fused-ring (bicyclic) bond motifs is 4. The van der Waals surface area contributed by atoms with Crippen molar-refractivity contribution in [3.8, 4) is 22.3 Å². The molecule has 7 aromatic rings. The summed E-state index contributed by atoms with van der Waals surface area (Å²) in [6.45, 7) is 11.1. The highest BCUT2D eigenvalue weighted by molar-refractivity contribution is 5.94. The molecule has 1 heteroatoms. The average Bonchev–Trinajstić information content (AvgIpc) is 3.61. The van der Waals surface area contributed by atoms with Crippen LogP contribution in [-0.4, -0.2) is 0 Å². The van der Waals surface area contributed by atoms with Crippen LogP contribution in [0, 0.1) is 0 Å². The Hall–Kier alpha value is -6.44. The van der Waals surface area contributed by atoms with Crippen molar-refractivity contribution in [3.05, 3.63) is 240 Å². The van der Waals surface area contributed by atoms with Crippen LogP contribution in [-0.2, 0) is 10.8 Å². The van der Waals surface area contributed by atoms with E-state index in [-0.39, 0.29) is 5.41 Å². The fourth-order valence-corrected chi connectivity index (χ4v) is 9.28. The first kappa shape index (κ1) is 33.4. The summed E-state index contributed by atoms with van der Waals surface area (Å²) in [6, 6.07) is 64.7. The van der Waals surface area contributed by atoms with Gasteiger partial charge >= 0.3 is 0 Å². The summed E-state index contributed by atoms with van der Waals surface area (Å²) >= 11 is 0. The van der Waals surface area contributed by atoms with E-state index in [2.05, 4.69) is 220 Å². The van der Waals surface area contributed by atoms with Gasteiger partial charge < -0.3 is 4.90 Å². The van der Waals surface area contributed by atoms with Crippen LogP contribution in [0.2, 0.25) is 0 Å². The Bertz CT molecular complexity index is 2550. The third-order valence-electron chi connectivity index (χ3n) is 11.8. The van der Waals surface area contributed by atoms with Gasteiger partial charge in [0.05, 0.1) is 11.1 Å². The second-order valence-corrected chi connectivity index (χ2v) is 15.0. The highest BCUT2D eigenvalue weighted by atomic mass is 15.1. The highest BCUT2D eigenvalue weighted by Gasteiger charge is 2.46. The van der Waals surface area contributed by atoms with Crippen molar-refractivity contribution in [3.63, 3.8) is 0 Å². The molecule has 0 unspecified atom stereocenters. The van der Waals surface area contributed by atoms with Crippen LogP contribution in [0.3, 0.4) is 0 Å². The Morgan fingerprint density at radius 1 is 0.500 bits per heavy atom. The standard InChI is InChI=1S/C53H43N/c1-5-6-26-43-37(2)53(39-22-12-8-13-23-39,40-24-14-9-15-25-40)50-36-42(31-33-46(43)50)54(51-30-19-17-27-44(51)38-20-10-7-11-21-38)41-32-34-47-45-28-16-18-29-48(45)52(3,4)49(47)35-41/h5-36H,1H2,2-4H3/b26-6-. The van der Waals surface area contributed by atoms with Crippen LogP contribution in [0.15, 0.2) is 206 Å². The minimum Gasteiger partial charge on any atom is -0.310 e. The van der Waals surface area contributed by atoms with Crippen LogP contribution in [0.25, 0.3) is 27.8 Å². The zero-order valence-corrected chi connectivity index (χ0v) is 31.1. The van der Waals surface area contributed by atoms with E-state index >= 15 is 0 Å². The molecule has 0 aliphatic heterocycles. The normalized spacial score (nSPS) is 14.8. The molecular weight excluding hydrogens is 651 g/mol. The SMILES string of the molecule is C=C/C=C\C1=C(C)C(c2ccccc2)(c2ccccc2)c2cc(N(c3ccc4c(c3)C(C)(C)c3ccccc3-4)c3ccccc3-c3ccccc3)ccc21. The molecule has 9 rings (SSSR count). The second-order valence-electron chi connectivity index (χ2n) is 15.0. The van der Waals surface area contributed by atoms with Gasteiger partial charge in [-0.1, -0.05) is 184 Å². The number of anilines is 3. The van der Waals surface area contributed by atoms with E-state index in [1.165, 1.54) is 66.8 Å². The first-order valence-corrected chi connectivity index (χ1v) is 18.9. The number of nitrogens with zero attached hydrogens (tertiary/aromatic N) is 1. The van der Waals surface area contributed by atoms with Gasteiger partial charge in [0.1, 0.15) is 0 Å². The number of benzene rings is 7. The Balaban J connectivity index is 1.34. The van der Waals surface area contributed by atoms with Crippen LogP contribution in [0.1, 0.15) is 54.2 Å². The molecule has 0 fully saturated rings. The van der Waals surface area contributed by atoms with Gasteiger partial charge in [0.15, 0.2) is 0 Å². The molecule has 0 atom stereocenters. The Kier molecular flexibility index (Phi) is 8.17. The van der Waals surface area contributed by atoms with E-state index in [1.54, 1.807) is 0 Å². The van der Waals surface area contributed by atoms with Gasteiger partial charge in [0, 0.05) is 22.4 Å². The third-order valence-corrected chi connectivity index (χ3v) is 11.8. The number of rotatable bonds is 8. The average molecular weight is 694 g/mol. The molecule has 0 radical (unpaired) electrons. The summed E-state index contributed by atoms with van der Waals surface area (Å²) in [7, 11) is 0. The summed E-state index contributed by atoms with van der Waals surface area (Å²) in [5.41, 5.74) is 18.1. The number of hydrogen-bond acceptors (Lipinski definition) is 1. The predicted molar refractivity (Wildman–Crippen MR) is 229 cm³/mol. The van der Waals surface area contributed by atoms with Gasteiger partial charge in [-0.3, -0.25) is 0 Å². The molecule has 0 heterocycles. The predicted octanol–water partition coefficient (Wildman–Crippen LogP) is 14.0. The van der Waals surface area contributed by atoms with E-state index in [1.807, 2.05) is 6.08 Å². The summed E-state index contributed by atoms with van der Waals surface area (Å²) in [5.74, 6) is 0. The zero-order valence-electron chi connectivity index (χ0n) is 31.1. The van der Waals surface area contributed by atoms with Gasteiger partial charge in [-0.15, -0.1) is 0 Å². The summed E-state index contributed by atoms with van der Waals surface area (Å²) in [5, 5.41) is 0. The summed E-state index contributed by atoms with van der Waals surface area (Å²) < 4.78 is 0. The first-order chi connectivity index (χ1) is 26.4. The maximum atomic E-state index is 4.03. The molecular formula is C53H43N. The van der Waals surface area contributed by atoms with Gasteiger partial charge in [-0.25, -0.2) is 0 Å². The maximum Gasteiger partial charge on any atom is 0.0674 e. The molecule has 2 aliphatic rings. The van der Waals surface area contributed by atoms with Crippen molar-refractivity contribution in [2.24, 2.45) is 0 Å². The van der Waals surface area contributed by atoms with Crippen molar-refractivity contribution in [2.75, 3.05) is 4.90 Å². The molecule has 0 saturated heterocycles. The van der Waals surface area contributed by atoms with E-state index in [0.29, 0.717) is 0 Å². The molecule has 0 spiro atoms. The maximum absolute atomic E-state index is 4.03. The molecule has 2 aliphatic carbocycles. The van der Waals surface area contributed by atoms with Crippen LogP contribution in [0.4, 0.5) is 17.1 Å². The fraction of sp³-hybridized carbons (Fsp3) is 0.0943. The molecule has 1 nitrogen and oxygen atoms in total. The Labute approximate surface area is 319 Å². The van der Waals surface area contributed by atoms with Gasteiger partial charge in [-0.2, -0.15) is 0 Å². The fourth-order valence-electron chi connectivity index (χ4n) is 9.28. The van der Waals surface area contributed by atoms with E-state index < -0.39 is 5.41 Å². The molecule has 0 N–H and O–H groups in total. The smallest absolute Gasteiger partial charge is 0.0674 e. The van der Waals surface area contributed by atoms with E-state index in [0.717, 1.165) is 17.1 Å². The quantitative estimate of drug-likeness (QED) is 0.143. The Morgan fingerprint density at radius 2 is 1.02 bits per heavy atom. The lowest BCUT2D eigenvalue weighted by Crippen LogP contribution is -2.29. The first-order valence-electron chi connectivity index (χ1n) is 18.9. The lowest BCUT2D eigenvalue weighted by Gasteiger charge is -2.36. The molecule has 7 aromatic carbocycles. The van der Waals surface area contributed by atoms with Crippen molar-refractivity contribution in [1.82, 2.24) is 0 Å². The van der Waals surface area contributed by atoms with Gasteiger partial charge in [-0.05, 0) is 98.5 Å². The van der Waals surface area contributed by atoms with Crippen LogP contribution >= 0.6 is 0 Å². The van der Waals surface area contributed by atoms with Gasteiger partial charge in [0.25, 0.3) is 0 Å². The van der Waals surface area contributed by atoms with Crippen molar-refractivity contribution < 1.29 is 0 Å². The number of hydrogen-bond donors (Lipinski definition) is 0. The minimum atomic E-state index is -0.499. The highest BCUT2D eigenvalue weighted by Crippen LogP contribution is 2.57. The minimum absolute atomic E-state index is 0.131. The molecule has 0 bridgehead atoms. The summed E-state index contributed by atoms with van der Waals surface area (Å²) in [4.78, 5) is 2.48. The molecule has 0 amide bonds. The molecule has 54 heavy (non-hydrogen) atoms.